The number of nitrogens with zero attached hydrogens (tertiary/aromatic N) is 2. The maximum absolute atomic E-state index is 10.0. The van der Waals surface area contributed by atoms with Gasteiger partial charge < -0.3 is 5.11 Å². The lowest BCUT2D eigenvalue weighted by atomic mass is 10.0. The quantitative estimate of drug-likeness (QED) is 0.866. The molecule has 0 heterocycles. The molecule has 2 rings (SSSR count). The maximum atomic E-state index is 10.0. The van der Waals surface area contributed by atoms with Gasteiger partial charge >= 0.3 is 0 Å². The van der Waals surface area contributed by atoms with Gasteiger partial charge in [-0.25, -0.2) is 0 Å². The van der Waals surface area contributed by atoms with E-state index in [2.05, 4.69) is 24.0 Å². The van der Waals surface area contributed by atoms with E-state index in [4.69, 9.17) is 5.26 Å². The Hall–Kier alpha value is -1.53. The van der Waals surface area contributed by atoms with Crippen molar-refractivity contribution in [1.82, 2.24) is 4.90 Å². The number of phenols is 1. The third-order valence-corrected chi connectivity index (χ3v) is 3.64. The van der Waals surface area contributed by atoms with E-state index in [1.807, 2.05) is 13.0 Å². The van der Waals surface area contributed by atoms with Crippen LogP contribution in [-0.2, 0) is 6.54 Å². The first kappa shape index (κ1) is 12.9. The van der Waals surface area contributed by atoms with Crippen LogP contribution >= 0.6 is 0 Å². The van der Waals surface area contributed by atoms with E-state index in [0.29, 0.717) is 18.2 Å². The molecular weight excluding hydrogens is 224 g/mol. The van der Waals surface area contributed by atoms with Gasteiger partial charge in [0.1, 0.15) is 5.75 Å². The van der Waals surface area contributed by atoms with Gasteiger partial charge in [-0.05, 0) is 43.9 Å². The SMILES string of the molecule is Cc1cc(O)c(CN(CCC#N)C2CC2)cc1C. The summed E-state index contributed by atoms with van der Waals surface area (Å²) in [5.41, 5.74) is 3.30. The van der Waals surface area contributed by atoms with Crippen LogP contribution in [0.15, 0.2) is 12.1 Å². The van der Waals surface area contributed by atoms with E-state index in [1.54, 1.807) is 0 Å². The molecule has 1 fully saturated rings. The molecule has 1 aliphatic rings. The zero-order valence-electron chi connectivity index (χ0n) is 11.1. The Morgan fingerprint density at radius 2 is 2.00 bits per heavy atom. The Balaban J connectivity index is 2.11. The molecule has 0 spiro atoms. The van der Waals surface area contributed by atoms with Crippen molar-refractivity contribution in [2.75, 3.05) is 6.54 Å². The van der Waals surface area contributed by atoms with Gasteiger partial charge in [-0.3, -0.25) is 4.90 Å². The third kappa shape index (κ3) is 3.02. The van der Waals surface area contributed by atoms with E-state index in [-0.39, 0.29) is 0 Å². The summed E-state index contributed by atoms with van der Waals surface area (Å²) in [5.74, 6) is 0.376. The predicted octanol–water partition coefficient (Wildman–Crippen LogP) is 2.89. The van der Waals surface area contributed by atoms with Crippen molar-refractivity contribution in [3.05, 3.63) is 28.8 Å². The van der Waals surface area contributed by atoms with Crippen LogP contribution < -0.4 is 0 Å². The van der Waals surface area contributed by atoms with Crippen LogP contribution in [0.4, 0.5) is 0 Å². The van der Waals surface area contributed by atoms with Gasteiger partial charge in [-0.1, -0.05) is 6.07 Å². The summed E-state index contributed by atoms with van der Waals surface area (Å²) in [6.07, 6.45) is 3.00. The minimum absolute atomic E-state index is 0.376. The topological polar surface area (TPSA) is 47.3 Å². The van der Waals surface area contributed by atoms with Gasteiger partial charge in [0.05, 0.1) is 6.07 Å². The average Bonchev–Trinajstić information content (AvgIpc) is 3.15. The smallest absolute Gasteiger partial charge is 0.120 e. The first-order valence-electron chi connectivity index (χ1n) is 6.52. The van der Waals surface area contributed by atoms with Gasteiger partial charge in [-0.2, -0.15) is 5.26 Å². The molecule has 0 saturated heterocycles. The number of hydrogen-bond donors (Lipinski definition) is 1. The second kappa shape index (κ2) is 5.41. The molecular formula is C15H20N2O. The van der Waals surface area contributed by atoms with Crippen molar-refractivity contribution in [3.63, 3.8) is 0 Å². The molecule has 0 bridgehead atoms. The normalized spacial score (nSPS) is 14.8. The zero-order valence-corrected chi connectivity index (χ0v) is 11.1. The van der Waals surface area contributed by atoms with Crippen LogP contribution in [0.25, 0.3) is 0 Å². The molecule has 1 aliphatic carbocycles. The lowest BCUT2D eigenvalue weighted by Crippen LogP contribution is -2.26. The fraction of sp³-hybridized carbons (Fsp3) is 0.533. The standard InChI is InChI=1S/C15H20N2O/c1-11-8-13(15(18)9-12(11)2)10-17(7-3-6-16)14-4-5-14/h8-9,14,18H,3-5,7,10H2,1-2H3. The van der Waals surface area contributed by atoms with E-state index in [9.17, 15) is 5.11 Å². The summed E-state index contributed by atoms with van der Waals surface area (Å²) in [4.78, 5) is 2.31. The second-order valence-corrected chi connectivity index (χ2v) is 5.17. The fourth-order valence-corrected chi connectivity index (χ4v) is 2.23. The lowest BCUT2D eigenvalue weighted by molar-refractivity contribution is 0.257. The van der Waals surface area contributed by atoms with Crippen LogP contribution in [0.2, 0.25) is 0 Å². The minimum atomic E-state index is 0.376. The van der Waals surface area contributed by atoms with Crippen LogP contribution in [0.1, 0.15) is 36.0 Å². The second-order valence-electron chi connectivity index (χ2n) is 5.17. The van der Waals surface area contributed by atoms with Gasteiger partial charge in [0.25, 0.3) is 0 Å². The largest absolute Gasteiger partial charge is 0.508 e. The summed E-state index contributed by atoms with van der Waals surface area (Å²) in [6.45, 7) is 5.62. The molecule has 3 nitrogen and oxygen atoms in total. The Morgan fingerprint density at radius 3 is 2.61 bits per heavy atom. The molecule has 0 aliphatic heterocycles. The molecule has 3 heteroatoms. The van der Waals surface area contributed by atoms with Crippen molar-refractivity contribution < 1.29 is 5.11 Å². The molecule has 1 N–H and O–H groups in total. The summed E-state index contributed by atoms with van der Waals surface area (Å²) >= 11 is 0. The van der Waals surface area contributed by atoms with E-state index < -0.39 is 0 Å². The Morgan fingerprint density at radius 1 is 1.33 bits per heavy atom. The molecule has 1 aromatic rings. The van der Waals surface area contributed by atoms with E-state index in [0.717, 1.165) is 24.2 Å². The van der Waals surface area contributed by atoms with Gasteiger partial charge in [0, 0.05) is 31.1 Å². The number of aryl methyl sites for hydroxylation is 2. The van der Waals surface area contributed by atoms with Crippen LogP contribution in [0.5, 0.6) is 5.75 Å². The molecule has 0 unspecified atom stereocenters. The van der Waals surface area contributed by atoms with Crippen molar-refractivity contribution >= 4 is 0 Å². The molecule has 0 radical (unpaired) electrons. The van der Waals surface area contributed by atoms with Crippen LogP contribution in [0.3, 0.4) is 0 Å². The van der Waals surface area contributed by atoms with Gasteiger partial charge in [0.2, 0.25) is 0 Å². The maximum Gasteiger partial charge on any atom is 0.120 e. The summed E-state index contributed by atoms with van der Waals surface area (Å²) < 4.78 is 0. The number of aromatic hydroxyl groups is 1. The van der Waals surface area contributed by atoms with E-state index in [1.165, 1.54) is 18.4 Å². The molecule has 0 aromatic heterocycles. The zero-order chi connectivity index (χ0) is 13.1. The van der Waals surface area contributed by atoms with Crippen LogP contribution in [0, 0.1) is 25.2 Å². The van der Waals surface area contributed by atoms with Crippen molar-refractivity contribution in [3.8, 4) is 11.8 Å². The lowest BCUT2D eigenvalue weighted by Gasteiger charge is -2.21. The number of rotatable bonds is 5. The highest BCUT2D eigenvalue weighted by molar-refractivity contribution is 5.40. The molecule has 0 atom stereocenters. The fourth-order valence-electron chi connectivity index (χ4n) is 2.23. The summed E-state index contributed by atoms with van der Waals surface area (Å²) in [7, 11) is 0. The minimum Gasteiger partial charge on any atom is -0.508 e. The van der Waals surface area contributed by atoms with Crippen molar-refractivity contribution in [2.24, 2.45) is 0 Å². The van der Waals surface area contributed by atoms with Gasteiger partial charge in [0.15, 0.2) is 0 Å². The van der Waals surface area contributed by atoms with E-state index >= 15 is 0 Å². The number of phenolic OH excluding ortho intramolecular Hbond substituents is 1. The Kier molecular flexibility index (Phi) is 3.88. The number of nitriles is 1. The third-order valence-electron chi connectivity index (χ3n) is 3.64. The summed E-state index contributed by atoms with van der Waals surface area (Å²) in [5, 5.41) is 18.7. The highest BCUT2D eigenvalue weighted by atomic mass is 16.3. The average molecular weight is 244 g/mol. The molecule has 1 saturated carbocycles. The summed E-state index contributed by atoms with van der Waals surface area (Å²) in [6, 6.07) is 6.70. The molecule has 18 heavy (non-hydrogen) atoms. The molecule has 0 amide bonds. The van der Waals surface area contributed by atoms with Crippen molar-refractivity contribution in [1.29, 1.82) is 5.26 Å². The van der Waals surface area contributed by atoms with Gasteiger partial charge in [-0.15, -0.1) is 0 Å². The number of benzene rings is 1. The Bertz CT molecular complexity index is 472. The van der Waals surface area contributed by atoms with Crippen molar-refractivity contribution in [2.45, 2.75) is 45.7 Å². The molecule has 1 aromatic carbocycles. The monoisotopic (exact) mass is 244 g/mol. The van der Waals surface area contributed by atoms with Crippen LogP contribution in [-0.4, -0.2) is 22.6 Å². The first-order valence-corrected chi connectivity index (χ1v) is 6.52. The highest BCUT2D eigenvalue weighted by Crippen LogP contribution is 2.31. The number of hydrogen-bond acceptors (Lipinski definition) is 3. The highest BCUT2D eigenvalue weighted by Gasteiger charge is 2.29. The first-order chi connectivity index (χ1) is 8.61. The predicted molar refractivity (Wildman–Crippen MR) is 71.2 cm³/mol. The molecule has 96 valence electrons. The Labute approximate surface area is 109 Å².